The van der Waals surface area contributed by atoms with E-state index in [9.17, 15) is 29.7 Å². The van der Waals surface area contributed by atoms with Gasteiger partial charge in [-0.15, -0.1) is 0 Å². The summed E-state index contributed by atoms with van der Waals surface area (Å²) in [7, 11) is 0. The lowest BCUT2D eigenvalue weighted by Gasteiger charge is -2.37. The molecular formula is C16H16O6. The minimum atomic E-state index is -2.32. The first-order valence-electron chi connectivity index (χ1n) is 6.90. The molecule has 0 amide bonds. The van der Waals surface area contributed by atoms with Gasteiger partial charge in [0.15, 0.2) is 22.9 Å². The van der Waals surface area contributed by atoms with Gasteiger partial charge in [-0.1, -0.05) is 12.5 Å². The molecule has 0 radical (unpaired) electrons. The van der Waals surface area contributed by atoms with Gasteiger partial charge >= 0.3 is 0 Å². The molecule has 0 bridgehead atoms. The Hall–Kier alpha value is -2.21. The largest absolute Gasteiger partial charge is 0.504 e. The molecule has 0 aromatic carbocycles. The number of carbonyl (C=O) groups is 3. The zero-order chi connectivity index (χ0) is 16.8. The van der Waals surface area contributed by atoms with E-state index in [2.05, 4.69) is 0 Å². The van der Waals surface area contributed by atoms with Crippen LogP contribution in [0.2, 0.25) is 0 Å². The van der Waals surface area contributed by atoms with Gasteiger partial charge in [0, 0.05) is 11.3 Å². The first-order valence-corrected chi connectivity index (χ1v) is 6.90. The van der Waals surface area contributed by atoms with Crippen molar-refractivity contribution in [3.05, 3.63) is 33.8 Å². The Balaban J connectivity index is 2.44. The summed E-state index contributed by atoms with van der Waals surface area (Å²) in [6.07, 6.45) is 0. The predicted molar refractivity (Wildman–Crippen MR) is 74.9 cm³/mol. The summed E-state index contributed by atoms with van der Waals surface area (Å²) < 4.78 is 0. The van der Waals surface area contributed by atoms with Crippen LogP contribution in [0.5, 0.6) is 0 Å². The standard InChI is InChI=1S/C16H16O6/c1-5-6(2)13(20)16(22)12(5)15(4)7(3)9(17)11(19)10(18)8(15)14(16)21/h12,17-18,22H,1-4H3/t12-,15-,16-/m1/s1. The van der Waals surface area contributed by atoms with Gasteiger partial charge in [-0.05, 0) is 31.9 Å². The molecule has 0 aromatic rings. The van der Waals surface area contributed by atoms with E-state index in [1.807, 2.05) is 0 Å². The quantitative estimate of drug-likeness (QED) is 0.577. The highest BCUT2D eigenvalue weighted by atomic mass is 16.3. The highest BCUT2D eigenvalue weighted by Crippen LogP contribution is 2.63. The second-order valence-electron chi connectivity index (χ2n) is 6.39. The normalized spacial score (nSPS) is 38.2. The maximum Gasteiger partial charge on any atom is 0.261 e. The second-order valence-corrected chi connectivity index (χ2v) is 6.39. The van der Waals surface area contributed by atoms with Gasteiger partial charge in [0.2, 0.25) is 5.78 Å². The van der Waals surface area contributed by atoms with Crippen LogP contribution in [0.4, 0.5) is 0 Å². The Morgan fingerprint density at radius 1 is 0.955 bits per heavy atom. The third-order valence-corrected chi connectivity index (χ3v) is 5.60. The van der Waals surface area contributed by atoms with Crippen molar-refractivity contribution >= 4 is 17.3 Å². The maximum absolute atomic E-state index is 12.7. The first kappa shape index (κ1) is 14.7. The molecule has 0 spiro atoms. The summed E-state index contributed by atoms with van der Waals surface area (Å²) in [5.41, 5.74) is -2.93. The molecule has 1 fully saturated rings. The molecule has 6 heteroatoms. The molecule has 22 heavy (non-hydrogen) atoms. The molecule has 3 aliphatic rings. The van der Waals surface area contributed by atoms with Crippen LogP contribution in [-0.4, -0.2) is 38.3 Å². The van der Waals surface area contributed by atoms with Gasteiger partial charge in [0.1, 0.15) is 0 Å². The van der Waals surface area contributed by atoms with Crippen molar-refractivity contribution in [1.29, 1.82) is 0 Å². The topological polar surface area (TPSA) is 112 Å². The molecule has 3 atom stereocenters. The van der Waals surface area contributed by atoms with E-state index in [0.29, 0.717) is 11.1 Å². The van der Waals surface area contributed by atoms with Crippen LogP contribution in [0.3, 0.4) is 0 Å². The number of rotatable bonds is 0. The fourth-order valence-electron chi connectivity index (χ4n) is 4.18. The van der Waals surface area contributed by atoms with Crippen LogP contribution < -0.4 is 0 Å². The van der Waals surface area contributed by atoms with E-state index in [4.69, 9.17) is 0 Å². The summed E-state index contributed by atoms with van der Waals surface area (Å²) in [4.78, 5) is 37.0. The van der Waals surface area contributed by atoms with Crippen molar-refractivity contribution in [1.82, 2.24) is 0 Å². The monoisotopic (exact) mass is 304 g/mol. The number of aliphatic hydroxyl groups is 3. The molecule has 0 unspecified atom stereocenters. The second kappa shape index (κ2) is 3.76. The van der Waals surface area contributed by atoms with Crippen LogP contribution in [0.25, 0.3) is 0 Å². The Kier molecular flexibility index (Phi) is 2.51. The summed E-state index contributed by atoms with van der Waals surface area (Å²) in [5.74, 6) is -5.21. The minimum Gasteiger partial charge on any atom is -0.504 e. The van der Waals surface area contributed by atoms with E-state index in [1.54, 1.807) is 13.8 Å². The van der Waals surface area contributed by atoms with Gasteiger partial charge in [-0.3, -0.25) is 14.4 Å². The van der Waals surface area contributed by atoms with Crippen molar-refractivity contribution in [3.8, 4) is 0 Å². The molecular weight excluding hydrogens is 288 g/mol. The molecule has 3 rings (SSSR count). The summed E-state index contributed by atoms with van der Waals surface area (Å²) in [6, 6.07) is 0. The van der Waals surface area contributed by atoms with Crippen LogP contribution >= 0.6 is 0 Å². The molecule has 0 aliphatic heterocycles. The fraction of sp³-hybridized carbons (Fsp3) is 0.438. The van der Waals surface area contributed by atoms with Crippen molar-refractivity contribution < 1.29 is 29.7 Å². The molecule has 6 nitrogen and oxygen atoms in total. The van der Waals surface area contributed by atoms with Crippen molar-refractivity contribution in [3.63, 3.8) is 0 Å². The summed E-state index contributed by atoms with van der Waals surface area (Å²) in [5, 5.41) is 30.8. The highest BCUT2D eigenvalue weighted by Gasteiger charge is 2.72. The zero-order valence-electron chi connectivity index (χ0n) is 12.6. The predicted octanol–water partition coefficient (Wildman–Crippen LogP) is 1.07. The third-order valence-electron chi connectivity index (χ3n) is 5.60. The Morgan fingerprint density at radius 3 is 2.05 bits per heavy atom. The minimum absolute atomic E-state index is 0.168. The van der Waals surface area contributed by atoms with Crippen molar-refractivity contribution in [2.75, 3.05) is 0 Å². The van der Waals surface area contributed by atoms with Crippen LogP contribution in [0.15, 0.2) is 33.8 Å². The maximum atomic E-state index is 12.7. The zero-order valence-corrected chi connectivity index (χ0v) is 12.6. The van der Waals surface area contributed by atoms with Gasteiger partial charge in [0.25, 0.3) is 5.78 Å². The van der Waals surface area contributed by atoms with Crippen LogP contribution in [-0.2, 0) is 14.4 Å². The first-order chi connectivity index (χ1) is 10.0. The average molecular weight is 304 g/mol. The van der Waals surface area contributed by atoms with Gasteiger partial charge < -0.3 is 15.3 Å². The number of aliphatic hydroxyl groups excluding tert-OH is 2. The number of hydrogen-bond donors (Lipinski definition) is 3. The molecule has 0 aromatic heterocycles. The van der Waals surface area contributed by atoms with Crippen molar-refractivity contribution in [2.24, 2.45) is 11.3 Å². The van der Waals surface area contributed by atoms with Crippen LogP contribution in [0, 0.1) is 11.3 Å². The SMILES string of the molecule is CC1=C(C)[C@@H]2[C@]3(C)C(C)=C(O)C(=O)C(O)=C3C(=O)[C@]2(O)C1=O. The van der Waals surface area contributed by atoms with E-state index in [0.717, 1.165) is 0 Å². The Morgan fingerprint density at radius 2 is 1.50 bits per heavy atom. The number of Topliss-reactive ketones (excluding diaryl/α,β-unsaturated/α-hetero) is 3. The molecule has 3 N–H and O–H groups in total. The Bertz CT molecular complexity index is 780. The molecule has 116 valence electrons. The lowest BCUT2D eigenvalue weighted by Crippen LogP contribution is -2.46. The average Bonchev–Trinajstić information content (AvgIpc) is 2.77. The smallest absolute Gasteiger partial charge is 0.261 e. The molecule has 3 aliphatic carbocycles. The van der Waals surface area contributed by atoms with Gasteiger partial charge in [-0.2, -0.15) is 0 Å². The number of allylic oxidation sites excluding steroid dienone is 1. The number of carbonyl (C=O) groups excluding carboxylic acids is 3. The van der Waals surface area contributed by atoms with E-state index < -0.39 is 45.8 Å². The summed E-state index contributed by atoms with van der Waals surface area (Å²) in [6.45, 7) is 6.17. The van der Waals surface area contributed by atoms with E-state index in [1.165, 1.54) is 13.8 Å². The molecule has 0 heterocycles. The molecule has 1 saturated carbocycles. The number of fused-ring (bicyclic) bond motifs is 3. The molecule has 0 saturated heterocycles. The summed E-state index contributed by atoms with van der Waals surface area (Å²) >= 11 is 0. The van der Waals surface area contributed by atoms with E-state index in [-0.39, 0.29) is 11.1 Å². The van der Waals surface area contributed by atoms with Gasteiger partial charge in [0.05, 0.1) is 5.57 Å². The highest BCUT2D eigenvalue weighted by molar-refractivity contribution is 6.30. The number of ketones is 3. The van der Waals surface area contributed by atoms with E-state index >= 15 is 0 Å². The lowest BCUT2D eigenvalue weighted by molar-refractivity contribution is -0.146. The Labute approximate surface area is 126 Å². The van der Waals surface area contributed by atoms with Crippen LogP contribution in [0.1, 0.15) is 27.7 Å². The lowest BCUT2D eigenvalue weighted by atomic mass is 9.65. The number of hydrogen-bond acceptors (Lipinski definition) is 6. The fourth-order valence-corrected chi connectivity index (χ4v) is 4.18. The van der Waals surface area contributed by atoms with Gasteiger partial charge in [-0.25, -0.2) is 0 Å². The third kappa shape index (κ3) is 1.16. The van der Waals surface area contributed by atoms with Crippen molar-refractivity contribution in [2.45, 2.75) is 33.3 Å².